The van der Waals surface area contributed by atoms with Gasteiger partial charge < -0.3 is 9.88 Å². The largest absolute Gasteiger partial charge is 0.381 e. The van der Waals surface area contributed by atoms with Gasteiger partial charge in [0.2, 0.25) is 0 Å². The van der Waals surface area contributed by atoms with E-state index in [9.17, 15) is 4.79 Å². The molecule has 0 aliphatic carbocycles. The van der Waals surface area contributed by atoms with E-state index in [0.29, 0.717) is 6.04 Å². The first kappa shape index (κ1) is 12.8. The first-order valence-electron chi connectivity index (χ1n) is 6.18. The quantitative estimate of drug-likeness (QED) is 0.803. The van der Waals surface area contributed by atoms with E-state index in [0.717, 1.165) is 31.5 Å². The van der Waals surface area contributed by atoms with Gasteiger partial charge in [0.25, 0.3) is 5.56 Å². The number of aromatic nitrogens is 1. The van der Waals surface area contributed by atoms with Gasteiger partial charge in [0.1, 0.15) is 0 Å². The Kier molecular flexibility index (Phi) is 5.09. The van der Waals surface area contributed by atoms with Crippen LogP contribution in [0.15, 0.2) is 23.1 Å². The van der Waals surface area contributed by atoms with Gasteiger partial charge in [-0.2, -0.15) is 0 Å². The van der Waals surface area contributed by atoms with E-state index in [-0.39, 0.29) is 5.56 Å². The standard InChI is InChI=1S/C13H22N2O/c1-4-9-15-10-12(7-8-13(15)16)14-11(5-2)6-3/h7-8,10-11,14H,4-6,9H2,1-3H3. The molecule has 1 aromatic rings. The molecule has 0 bridgehead atoms. The number of nitrogens with zero attached hydrogens (tertiary/aromatic N) is 1. The second kappa shape index (κ2) is 6.36. The van der Waals surface area contributed by atoms with Crippen molar-refractivity contribution in [2.45, 2.75) is 52.6 Å². The van der Waals surface area contributed by atoms with E-state index in [4.69, 9.17) is 0 Å². The van der Waals surface area contributed by atoms with Crippen LogP contribution in [0.25, 0.3) is 0 Å². The molecule has 0 fully saturated rings. The van der Waals surface area contributed by atoms with E-state index in [1.807, 2.05) is 12.3 Å². The maximum Gasteiger partial charge on any atom is 0.250 e. The number of anilines is 1. The van der Waals surface area contributed by atoms with Gasteiger partial charge in [-0.1, -0.05) is 20.8 Å². The van der Waals surface area contributed by atoms with Crippen LogP contribution >= 0.6 is 0 Å². The molecule has 3 heteroatoms. The number of pyridine rings is 1. The summed E-state index contributed by atoms with van der Waals surface area (Å²) in [5.74, 6) is 0. The van der Waals surface area contributed by atoms with Gasteiger partial charge in [-0.3, -0.25) is 4.79 Å². The minimum atomic E-state index is 0.0805. The van der Waals surface area contributed by atoms with Crippen LogP contribution < -0.4 is 10.9 Å². The summed E-state index contributed by atoms with van der Waals surface area (Å²) < 4.78 is 1.77. The Labute approximate surface area is 97.5 Å². The van der Waals surface area contributed by atoms with Gasteiger partial charge in [-0.15, -0.1) is 0 Å². The highest BCUT2D eigenvalue weighted by Gasteiger charge is 2.04. The maximum absolute atomic E-state index is 11.5. The number of nitrogens with one attached hydrogen (secondary N) is 1. The van der Waals surface area contributed by atoms with E-state index in [1.165, 1.54) is 0 Å². The highest BCUT2D eigenvalue weighted by atomic mass is 16.1. The zero-order valence-corrected chi connectivity index (χ0v) is 10.5. The topological polar surface area (TPSA) is 34.0 Å². The molecule has 0 aromatic carbocycles. The molecular weight excluding hydrogens is 200 g/mol. The summed E-state index contributed by atoms with van der Waals surface area (Å²) in [6, 6.07) is 4.00. The molecule has 0 spiro atoms. The van der Waals surface area contributed by atoms with Gasteiger partial charge in [0, 0.05) is 24.8 Å². The molecule has 0 unspecified atom stereocenters. The Bertz CT molecular complexity index is 366. The molecule has 0 radical (unpaired) electrons. The molecule has 0 aliphatic rings. The number of hydrogen-bond acceptors (Lipinski definition) is 2. The Hall–Kier alpha value is -1.25. The smallest absolute Gasteiger partial charge is 0.250 e. The van der Waals surface area contributed by atoms with Crippen LogP contribution in [0.3, 0.4) is 0 Å². The SMILES string of the molecule is CCCn1cc(NC(CC)CC)ccc1=O. The number of aryl methyl sites for hydroxylation is 1. The number of rotatable bonds is 6. The molecule has 0 aliphatic heterocycles. The van der Waals surface area contributed by atoms with Gasteiger partial charge in [-0.25, -0.2) is 0 Å². The van der Waals surface area contributed by atoms with Gasteiger partial charge >= 0.3 is 0 Å². The fourth-order valence-corrected chi connectivity index (χ4v) is 1.76. The van der Waals surface area contributed by atoms with Crippen molar-refractivity contribution in [3.63, 3.8) is 0 Å². The van der Waals surface area contributed by atoms with Crippen molar-refractivity contribution in [2.75, 3.05) is 5.32 Å². The van der Waals surface area contributed by atoms with Crippen molar-refractivity contribution in [1.29, 1.82) is 0 Å². The number of hydrogen-bond donors (Lipinski definition) is 1. The third kappa shape index (κ3) is 3.40. The second-order valence-electron chi connectivity index (χ2n) is 4.11. The van der Waals surface area contributed by atoms with Gasteiger partial charge in [0.15, 0.2) is 0 Å². The minimum Gasteiger partial charge on any atom is -0.381 e. The first-order valence-corrected chi connectivity index (χ1v) is 6.18. The van der Waals surface area contributed by atoms with Gasteiger partial charge in [0.05, 0.1) is 5.69 Å². The molecule has 3 nitrogen and oxygen atoms in total. The third-order valence-electron chi connectivity index (χ3n) is 2.80. The summed E-state index contributed by atoms with van der Waals surface area (Å²) in [5.41, 5.74) is 1.12. The van der Waals surface area contributed by atoms with Crippen molar-refractivity contribution in [2.24, 2.45) is 0 Å². The van der Waals surface area contributed by atoms with E-state index >= 15 is 0 Å². The molecule has 1 heterocycles. The Morgan fingerprint density at radius 2 is 1.94 bits per heavy atom. The summed E-state index contributed by atoms with van der Waals surface area (Å²) >= 11 is 0. The average molecular weight is 222 g/mol. The molecule has 0 saturated heterocycles. The third-order valence-corrected chi connectivity index (χ3v) is 2.80. The van der Waals surface area contributed by atoms with Crippen LogP contribution in [-0.4, -0.2) is 10.6 Å². The minimum absolute atomic E-state index is 0.0805. The zero-order chi connectivity index (χ0) is 12.0. The maximum atomic E-state index is 11.5. The molecular formula is C13H22N2O. The summed E-state index contributed by atoms with van der Waals surface area (Å²) in [6.07, 6.45) is 5.10. The van der Waals surface area contributed by atoms with E-state index in [1.54, 1.807) is 10.6 Å². The Balaban J connectivity index is 2.81. The summed E-state index contributed by atoms with van der Waals surface area (Å²) in [5, 5.41) is 3.44. The fourth-order valence-electron chi connectivity index (χ4n) is 1.76. The normalized spacial score (nSPS) is 10.8. The highest BCUT2D eigenvalue weighted by Crippen LogP contribution is 2.09. The predicted molar refractivity (Wildman–Crippen MR) is 69.0 cm³/mol. The van der Waals surface area contributed by atoms with Crippen molar-refractivity contribution in [3.8, 4) is 0 Å². The van der Waals surface area contributed by atoms with Crippen LogP contribution in [0.5, 0.6) is 0 Å². The molecule has 16 heavy (non-hydrogen) atoms. The summed E-state index contributed by atoms with van der Waals surface area (Å²) in [7, 11) is 0. The fraction of sp³-hybridized carbons (Fsp3) is 0.615. The van der Waals surface area contributed by atoms with Crippen molar-refractivity contribution in [3.05, 3.63) is 28.7 Å². The lowest BCUT2D eigenvalue weighted by Crippen LogP contribution is -2.22. The van der Waals surface area contributed by atoms with Crippen molar-refractivity contribution < 1.29 is 0 Å². The Morgan fingerprint density at radius 3 is 2.50 bits per heavy atom. The molecule has 1 rings (SSSR count). The van der Waals surface area contributed by atoms with Crippen LogP contribution in [0, 0.1) is 0 Å². The van der Waals surface area contributed by atoms with E-state index < -0.39 is 0 Å². The lowest BCUT2D eigenvalue weighted by atomic mass is 10.1. The van der Waals surface area contributed by atoms with E-state index in [2.05, 4.69) is 26.1 Å². The average Bonchev–Trinajstić information content (AvgIpc) is 2.30. The lowest BCUT2D eigenvalue weighted by Gasteiger charge is -2.17. The molecule has 0 saturated carbocycles. The first-order chi connectivity index (χ1) is 7.71. The molecule has 1 N–H and O–H groups in total. The Morgan fingerprint density at radius 1 is 1.25 bits per heavy atom. The summed E-state index contributed by atoms with van der Waals surface area (Å²) in [4.78, 5) is 11.5. The second-order valence-corrected chi connectivity index (χ2v) is 4.11. The van der Waals surface area contributed by atoms with Crippen molar-refractivity contribution >= 4 is 5.69 Å². The van der Waals surface area contributed by atoms with Crippen LogP contribution in [-0.2, 0) is 6.54 Å². The van der Waals surface area contributed by atoms with Crippen LogP contribution in [0.4, 0.5) is 5.69 Å². The molecule has 0 atom stereocenters. The molecule has 1 aromatic heterocycles. The zero-order valence-electron chi connectivity index (χ0n) is 10.5. The van der Waals surface area contributed by atoms with Gasteiger partial charge in [-0.05, 0) is 25.3 Å². The predicted octanol–water partition coefficient (Wildman–Crippen LogP) is 2.86. The monoisotopic (exact) mass is 222 g/mol. The summed E-state index contributed by atoms with van der Waals surface area (Å²) in [6.45, 7) is 7.21. The molecule has 90 valence electrons. The van der Waals surface area contributed by atoms with Crippen LogP contribution in [0.2, 0.25) is 0 Å². The molecule has 0 amide bonds. The highest BCUT2D eigenvalue weighted by molar-refractivity contribution is 5.41. The lowest BCUT2D eigenvalue weighted by molar-refractivity contribution is 0.645. The van der Waals surface area contributed by atoms with Crippen LogP contribution in [0.1, 0.15) is 40.0 Å². The van der Waals surface area contributed by atoms with Crippen molar-refractivity contribution in [1.82, 2.24) is 4.57 Å².